The van der Waals surface area contributed by atoms with Crippen molar-refractivity contribution >= 4 is 46.8 Å². The van der Waals surface area contributed by atoms with E-state index in [0.29, 0.717) is 22.3 Å². The summed E-state index contributed by atoms with van der Waals surface area (Å²) >= 11 is 13.7. The molecule has 0 saturated heterocycles. The van der Waals surface area contributed by atoms with Crippen molar-refractivity contribution in [3.05, 3.63) is 69.7 Å². The van der Waals surface area contributed by atoms with Gasteiger partial charge in [0.1, 0.15) is 6.04 Å². The Morgan fingerprint density at radius 3 is 2.43 bits per heavy atom. The van der Waals surface area contributed by atoms with E-state index < -0.39 is 6.04 Å². The van der Waals surface area contributed by atoms with E-state index >= 15 is 0 Å². The number of rotatable bonds is 9. The minimum Gasteiger partial charge on any atom is -0.355 e. The van der Waals surface area contributed by atoms with Crippen molar-refractivity contribution in [1.82, 2.24) is 10.2 Å². The van der Waals surface area contributed by atoms with E-state index in [0.717, 1.165) is 11.1 Å². The van der Waals surface area contributed by atoms with Gasteiger partial charge in [-0.1, -0.05) is 53.5 Å². The maximum atomic E-state index is 12.9. The van der Waals surface area contributed by atoms with Gasteiger partial charge in [-0.25, -0.2) is 0 Å². The molecule has 28 heavy (non-hydrogen) atoms. The Morgan fingerprint density at radius 2 is 1.79 bits per heavy atom. The summed E-state index contributed by atoms with van der Waals surface area (Å²) in [6, 6.07) is 14.3. The predicted molar refractivity (Wildman–Crippen MR) is 118 cm³/mol. The highest BCUT2D eigenvalue weighted by molar-refractivity contribution is 7.99. The molecule has 1 atom stereocenters. The average Bonchev–Trinajstić information content (AvgIpc) is 2.68. The molecule has 2 amide bonds. The molecule has 2 rings (SSSR count). The summed E-state index contributed by atoms with van der Waals surface area (Å²) in [5.41, 5.74) is 1.91. The summed E-state index contributed by atoms with van der Waals surface area (Å²) in [6.45, 7) is 4.40. The molecular weight excluding hydrogens is 415 g/mol. The largest absolute Gasteiger partial charge is 0.355 e. The Bertz CT molecular complexity index is 799. The van der Waals surface area contributed by atoms with Gasteiger partial charge in [0.05, 0.1) is 5.75 Å². The van der Waals surface area contributed by atoms with Crippen LogP contribution in [0.4, 0.5) is 0 Å². The fourth-order valence-electron chi connectivity index (χ4n) is 2.63. The number of carbonyl (C=O) groups excluding carboxylic acids is 2. The fourth-order valence-corrected chi connectivity index (χ4v) is 3.83. The van der Waals surface area contributed by atoms with Gasteiger partial charge in [-0.15, -0.1) is 11.8 Å². The molecule has 1 N–H and O–H groups in total. The number of nitrogens with one attached hydrogen (secondary N) is 1. The van der Waals surface area contributed by atoms with Gasteiger partial charge in [0.2, 0.25) is 11.8 Å². The number of hydrogen-bond donors (Lipinski definition) is 1. The first kappa shape index (κ1) is 22.6. The molecule has 2 aromatic rings. The summed E-state index contributed by atoms with van der Waals surface area (Å²) < 4.78 is 0. The normalized spacial score (nSPS) is 11.7. The second-order valence-electron chi connectivity index (χ2n) is 6.30. The Hall–Kier alpha value is -1.69. The van der Waals surface area contributed by atoms with Crippen LogP contribution in [0.25, 0.3) is 0 Å². The lowest BCUT2D eigenvalue weighted by Gasteiger charge is -2.29. The van der Waals surface area contributed by atoms with Crippen LogP contribution in [0, 0.1) is 0 Å². The maximum absolute atomic E-state index is 12.9. The number of benzene rings is 2. The van der Waals surface area contributed by atoms with Crippen molar-refractivity contribution in [1.29, 1.82) is 0 Å². The van der Waals surface area contributed by atoms with Crippen LogP contribution in [0.15, 0.2) is 48.5 Å². The molecule has 0 aromatic heterocycles. The van der Waals surface area contributed by atoms with E-state index in [9.17, 15) is 9.59 Å². The Labute approximate surface area is 180 Å². The highest BCUT2D eigenvalue weighted by Gasteiger charge is 2.26. The Morgan fingerprint density at radius 1 is 1.11 bits per heavy atom. The zero-order chi connectivity index (χ0) is 20.5. The van der Waals surface area contributed by atoms with Crippen molar-refractivity contribution in [2.24, 2.45) is 0 Å². The van der Waals surface area contributed by atoms with E-state index in [1.807, 2.05) is 49.4 Å². The number of halogens is 2. The monoisotopic (exact) mass is 438 g/mol. The van der Waals surface area contributed by atoms with Crippen molar-refractivity contribution < 1.29 is 9.59 Å². The quantitative estimate of drug-likeness (QED) is 0.612. The highest BCUT2D eigenvalue weighted by Crippen LogP contribution is 2.21. The van der Waals surface area contributed by atoms with Crippen molar-refractivity contribution in [3.63, 3.8) is 0 Å². The Balaban J connectivity index is 2.06. The molecule has 2 aromatic carbocycles. The van der Waals surface area contributed by atoms with Crippen LogP contribution >= 0.6 is 35.0 Å². The topological polar surface area (TPSA) is 49.4 Å². The number of likely N-dealkylation sites (N-methyl/N-ethyl adjacent to an activating group) is 1. The van der Waals surface area contributed by atoms with Gasteiger partial charge in [0.15, 0.2) is 0 Å². The van der Waals surface area contributed by atoms with Gasteiger partial charge >= 0.3 is 0 Å². The number of amides is 2. The number of carbonyl (C=O) groups is 2. The van der Waals surface area contributed by atoms with Gasteiger partial charge in [0, 0.05) is 28.9 Å². The smallest absolute Gasteiger partial charge is 0.242 e. The van der Waals surface area contributed by atoms with Gasteiger partial charge in [-0.05, 0) is 43.2 Å². The molecule has 150 valence electrons. The van der Waals surface area contributed by atoms with Crippen LogP contribution < -0.4 is 5.32 Å². The standard InChI is InChI=1S/C21H24Cl2N2O2S/c1-3-24-21(27)15(2)25(12-17-6-4-5-7-19(17)23)20(26)14-28-13-16-8-10-18(22)11-9-16/h4-11,15H,3,12-14H2,1-2H3,(H,24,27)/t15-/m0/s1. The molecule has 0 bridgehead atoms. The number of nitrogens with zero attached hydrogens (tertiary/aromatic N) is 1. The third kappa shape index (κ3) is 6.73. The first-order chi connectivity index (χ1) is 13.4. The second-order valence-corrected chi connectivity index (χ2v) is 8.13. The van der Waals surface area contributed by atoms with Crippen LogP contribution in [-0.4, -0.2) is 35.1 Å². The summed E-state index contributed by atoms with van der Waals surface area (Å²) in [5.74, 6) is 0.693. The zero-order valence-electron chi connectivity index (χ0n) is 16.0. The Kier molecular flexibility index (Phi) is 9.16. The molecule has 0 saturated carbocycles. The highest BCUT2D eigenvalue weighted by atomic mass is 35.5. The predicted octanol–water partition coefficient (Wildman–Crippen LogP) is 4.78. The van der Waals surface area contributed by atoms with Gasteiger partial charge < -0.3 is 10.2 Å². The summed E-state index contributed by atoms with van der Waals surface area (Å²) in [7, 11) is 0. The van der Waals surface area contributed by atoms with Gasteiger partial charge in [-0.3, -0.25) is 9.59 Å². The van der Waals surface area contributed by atoms with Crippen LogP contribution in [0.2, 0.25) is 10.0 Å². The zero-order valence-corrected chi connectivity index (χ0v) is 18.3. The lowest BCUT2D eigenvalue weighted by atomic mass is 10.1. The fraction of sp³-hybridized carbons (Fsp3) is 0.333. The average molecular weight is 439 g/mol. The third-order valence-corrected chi connectivity index (χ3v) is 5.83. The molecular formula is C21H24Cl2N2O2S. The SMILES string of the molecule is CCNC(=O)[C@H](C)N(Cc1ccccc1Cl)C(=O)CSCc1ccc(Cl)cc1. The van der Waals surface area contributed by atoms with E-state index in [1.165, 1.54) is 11.8 Å². The van der Waals surface area contributed by atoms with Gasteiger partial charge in [0.25, 0.3) is 0 Å². The molecule has 0 spiro atoms. The maximum Gasteiger partial charge on any atom is 0.242 e. The molecule has 0 radical (unpaired) electrons. The first-order valence-corrected chi connectivity index (χ1v) is 11.0. The summed E-state index contributed by atoms with van der Waals surface area (Å²) in [4.78, 5) is 26.8. The molecule has 0 fully saturated rings. The number of thioether (sulfide) groups is 1. The first-order valence-electron chi connectivity index (χ1n) is 9.05. The third-order valence-electron chi connectivity index (χ3n) is 4.22. The molecule has 4 nitrogen and oxygen atoms in total. The van der Waals surface area contributed by atoms with Crippen molar-refractivity contribution in [2.75, 3.05) is 12.3 Å². The summed E-state index contributed by atoms with van der Waals surface area (Å²) in [5, 5.41) is 4.05. The number of hydrogen-bond acceptors (Lipinski definition) is 3. The van der Waals surface area contributed by atoms with Crippen LogP contribution in [0.5, 0.6) is 0 Å². The van der Waals surface area contributed by atoms with Crippen LogP contribution in [-0.2, 0) is 21.9 Å². The minimum absolute atomic E-state index is 0.0994. The van der Waals surface area contributed by atoms with Crippen LogP contribution in [0.1, 0.15) is 25.0 Å². The molecule has 0 unspecified atom stereocenters. The lowest BCUT2D eigenvalue weighted by molar-refractivity contribution is -0.138. The van der Waals surface area contributed by atoms with E-state index in [1.54, 1.807) is 17.9 Å². The van der Waals surface area contributed by atoms with Gasteiger partial charge in [-0.2, -0.15) is 0 Å². The molecule has 0 aliphatic carbocycles. The van der Waals surface area contributed by atoms with E-state index in [2.05, 4.69) is 5.32 Å². The second kappa shape index (κ2) is 11.3. The van der Waals surface area contributed by atoms with E-state index in [-0.39, 0.29) is 24.1 Å². The molecule has 0 heterocycles. The summed E-state index contributed by atoms with van der Waals surface area (Å²) in [6.07, 6.45) is 0. The molecule has 0 aliphatic rings. The molecule has 7 heteroatoms. The van der Waals surface area contributed by atoms with Crippen molar-refractivity contribution in [2.45, 2.75) is 32.2 Å². The lowest BCUT2D eigenvalue weighted by Crippen LogP contribution is -2.48. The minimum atomic E-state index is -0.583. The van der Waals surface area contributed by atoms with Crippen LogP contribution in [0.3, 0.4) is 0 Å². The van der Waals surface area contributed by atoms with Crippen molar-refractivity contribution in [3.8, 4) is 0 Å². The van der Waals surface area contributed by atoms with E-state index in [4.69, 9.17) is 23.2 Å². The molecule has 0 aliphatic heterocycles.